The number of hydrogen-bond donors (Lipinski definition) is 1. The Morgan fingerprint density at radius 3 is 2.44 bits per heavy atom. The SMILES string of the molecule is CC(=O)c1ccccc1NC(=O)COC(=O)c1ccc(COc2ccc3c(C)cc(=O)oc3c2)cc1. The number of benzene rings is 3. The minimum absolute atomic E-state index is 0.186. The Hall–Kier alpha value is -4.72. The first-order valence-electron chi connectivity index (χ1n) is 11.1. The predicted octanol–water partition coefficient (Wildman–Crippen LogP) is 4.68. The molecule has 1 aromatic heterocycles. The van der Waals surface area contributed by atoms with E-state index in [9.17, 15) is 19.2 Å². The summed E-state index contributed by atoms with van der Waals surface area (Å²) in [5, 5.41) is 3.41. The third-order valence-electron chi connectivity index (χ3n) is 5.43. The van der Waals surface area contributed by atoms with Crippen LogP contribution in [0.1, 0.15) is 38.8 Å². The highest BCUT2D eigenvalue weighted by molar-refractivity contribution is 6.04. The van der Waals surface area contributed by atoms with Crippen LogP contribution in [0.25, 0.3) is 11.0 Å². The maximum absolute atomic E-state index is 12.3. The molecule has 1 amide bonds. The summed E-state index contributed by atoms with van der Waals surface area (Å²) in [5.74, 6) is -0.854. The Morgan fingerprint density at radius 2 is 1.69 bits per heavy atom. The smallest absolute Gasteiger partial charge is 0.338 e. The van der Waals surface area contributed by atoms with Crippen LogP contribution in [0.2, 0.25) is 0 Å². The number of Topliss-reactive ketones (excluding diaryl/α,β-unsaturated/α-hetero) is 1. The zero-order valence-corrected chi connectivity index (χ0v) is 19.7. The first-order valence-corrected chi connectivity index (χ1v) is 11.1. The third kappa shape index (κ3) is 5.85. The summed E-state index contributed by atoms with van der Waals surface area (Å²) in [6.07, 6.45) is 0. The number of nitrogens with one attached hydrogen (secondary N) is 1. The lowest BCUT2D eigenvalue weighted by molar-refractivity contribution is -0.119. The molecule has 8 heteroatoms. The highest BCUT2D eigenvalue weighted by Gasteiger charge is 2.13. The first kappa shape index (κ1) is 24.4. The van der Waals surface area contributed by atoms with Crippen molar-refractivity contribution in [2.24, 2.45) is 0 Å². The molecular formula is C28H23NO7. The third-order valence-corrected chi connectivity index (χ3v) is 5.43. The molecule has 0 atom stereocenters. The molecule has 0 unspecified atom stereocenters. The zero-order valence-electron chi connectivity index (χ0n) is 19.7. The van der Waals surface area contributed by atoms with Gasteiger partial charge in [-0.1, -0.05) is 24.3 Å². The van der Waals surface area contributed by atoms with Crippen LogP contribution in [0.15, 0.2) is 82.0 Å². The molecule has 0 aliphatic carbocycles. The Labute approximate surface area is 206 Å². The summed E-state index contributed by atoms with van der Waals surface area (Å²) in [4.78, 5) is 47.8. The van der Waals surface area contributed by atoms with Gasteiger partial charge in [-0.2, -0.15) is 0 Å². The molecule has 0 aliphatic rings. The lowest BCUT2D eigenvalue weighted by Crippen LogP contribution is -2.22. The lowest BCUT2D eigenvalue weighted by atomic mass is 10.1. The number of amides is 1. The van der Waals surface area contributed by atoms with E-state index in [4.69, 9.17) is 13.9 Å². The number of esters is 1. The van der Waals surface area contributed by atoms with Gasteiger partial charge in [0.05, 0.1) is 11.3 Å². The quantitative estimate of drug-likeness (QED) is 0.219. The monoisotopic (exact) mass is 485 g/mol. The van der Waals surface area contributed by atoms with Crippen LogP contribution in [-0.4, -0.2) is 24.3 Å². The fourth-order valence-corrected chi connectivity index (χ4v) is 3.60. The van der Waals surface area contributed by atoms with Gasteiger partial charge in [-0.3, -0.25) is 9.59 Å². The van der Waals surface area contributed by atoms with Crippen LogP contribution in [0.5, 0.6) is 5.75 Å². The molecule has 1 N–H and O–H groups in total. The van der Waals surface area contributed by atoms with Crippen molar-refractivity contribution in [3.8, 4) is 5.75 Å². The Kier molecular flexibility index (Phi) is 7.25. The second-order valence-corrected chi connectivity index (χ2v) is 8.12. The van der Waals surface area contributed by atoms with Gasteiger partial charge in [0.1, 0.15) is 17.9 Å². The highest BCUT2D eigenvalue weighted by atomic mass is 16.5. The lowest BCUT2D eigenvalue weighted by Gasteiger charge is -2.10. The van der Waals surface area contributed by atoms with Crippen LogP contribution in [0.3, 0.4) is 0 Å². The average molecular weight is 485 g/mol. The molecule has 0 fully saturated rings. The number of carbonyl (C=O) groups is 3. The maximum Gasteiger partial charge on any atom is 0.338 e. The molecule has 1 heterocycles. The molecule has 0 saturated carbocycles. The predicted molar refractivity (Wildman–Crippen MR) is 133 cm³/mol. The van der Waals surface area contributed by atoms with Crippen molar-refractivity contribution in [1.29, 1.82) is 0 Å². The molecule has 8 nitrogen and oxygen atoms in total. The van der Waals surface area contributed by atoms with E-state index in [2.05, 4.69) is 5.32 Å². The summed E-state index contributed by atoms with van der Waals surface area (Å²) in [6, 6.07) is 19.9. The van der Waals surface area contributed by atoms with Crippen molar-refractivity contribution < 1.29 is 28.3 Å². The molecular weight excluding hydrogens is 462 g/mol. The molecule has 182 valence electrons. The summed E-state index contributed by atoms with van der Waals surface area (Å²) >= 11 is 0. The summed E-state index contributed by atoms with van der Waals surface area (Å²) in [6.45, 7) is 2.98. The van der Waals surface area contributed by atoms with Crippen molar-refractivity contribution in [2.75, 3.05) is 11.9 Å². The van der Waals surface area contributed by atoms with E-state index in [-0.39, 0.29) is 18.0 Å². The molecule has 0 radical (unpaired) electrons. The highest BCUT2D eigenvalue weighted by Crippen LogP contribution is 2.23. The maximum atomic E-state index is 12.3. The van der Waals surface area contributed by atoms with Crippen molar-refractivity contribution in [2.45, 2.75) is 20.5 Å². The number of carbonyl (C=O) groups excluding carboxylic acids is 3. The van der Waals surface area contributed by atoms with E-state index in [0.29, 0.717) is 22.6 Å². The summed E-state index contributed by atoms with van der Waals surface area (Å²) < 4.78 is 16.1. The number of para-hydroxylation sites is 1. The van der Waals surface area contributed by atoms with Crippen molar-refractivity contribution in [1.82, 2.24) is 0 Å². The fraction of sp³-hybridized carbons (Fsp3) is 0.143. The Bertz CT molecular complexity index is 1500. The van der Waals surface area contributed by atoms with Gasteiger partial charge in [-0.15, -0.1) is 0 Å². The molecule has 0 bridgehead atoms. The number of aryl methyl sites for hydroxylation is 1. The number of fused-ring (bicyclic) bond motifs is 1. The fourth-order valence-electron chi connectivity index (χ4n) is 3.60. The second kappa shape index (κ2) is 10.7. The minimum Gasteiger partial charge on any atom is -0.489 e. The van der Waals surface area contributed by atoms with Crippen molar-refractivity contribution in [3.05, 3.63) is 105 Å². The molecule has 0 spiro atoms. The van der Waals surface area contributed by atoms with Gasteiger partial charge in [0.15, 0.2) is 12.4 Å². The van der Waals surface area contributed by atoms with Gasteiger partial charge in [0.2, 0.25) is 0 Å². The Morgan fingerprint density at radius 1 is 0.944 bits per heavy atom. The second-order valence-electron chi connectivity index (χ2n) is 8.12. The van der Waals surface area contributed by atoms with Gasteiger partial charge in [-0.25, -0.2) is 9.59 Å². The van der Waals surface area contributed by atoms with Crippen LogP contribution in [0, 0.1) is 6.92 Å². The topological polar surface area (TPSA) is 112 Å². The van der Waals surface area contributed by atoms with Crippen LogP contribution in [0.4, 0.5) is 5.69 Å². The average Bonchev–Trinajstić information content (AvgIpc) is 2.86. The van der Waals surface area contributed by atoms with E-state index in [0.717, 1.165) is 16.5 Å². The normalized spacial score (nSPS) is 10.6. The van der Waals surface area contributed by atoms with Crippen LogP contribution < -0.4 is 15.7 Å². The molecule has 4 aromatic rings. The van der Waals surface area contributed by atoms with Gasteiger partial charge in [0.25, 0.3) is 5.91 Å². The van der Waals surface area contributed by atoms with E-state index in [1.807, 2.05) is 13.0 Å². The number of ketones is 1. The van der Waals surface area contributed by atoms with Crippen LogP contribution >= 0.6 is 0 Å². The molecule has 4 rings (SSSR count). The van der Waals surface area contributed by atoms with Crippen LogP contribution in [-0.2, 0) is 16.1 Å². The minimum atomic E-state index is -0.655. The summed E-state index contributed by atoms with van der Waals surface area (Å²) in [7, 11) is 0. The number of anilines is 1. The van der Waals surface area contributed by atoms with E-state index < -0.39 is 24.1 Å². The van der Waals surface area contributed by atoms with Gasteiger partial charge >= 0.3 is 11.6 Å². The Balaban J connectivity index is 1.31. The first-order chi connectivity index (χ1) is 17.3. The van der Waals surface area contributed by atoms with E-state index in [1.54, 1.807) is 60.7 Å². The largest absolute Gasteiger partial charge is 0.489 e. The molecule has 0 saturated heterocycles. The number of hydrogen-bond acceptors (Lipinski definition) is 7. The van der Waals surface area contributed by atoms with Gasteiger partial charge in [0, 0.05) is 23.1 Å². The molecule has 3 aromatic carbocycles. The van der Waals surface area contributed by atoms with E-state index in [1.165, 1.54) is 13.0 Å². The molecule has 36 heavy (non-hydrogen) atoms. The van der Waals surface area contributed by atoms with E-state index >= 15 is 0 Å². The van der Waals surface area contributed by atoms with Crippen molar-refractivity contribution >= 4 is 34.3 Å². The number of rotatable bonds is 8. The van der Waals surface area contributed by atoms with Crippen molar-refractivity contribution in [3.63, 3.8) is 0 Å². The standard InChI is InChI=1S/C28H23NO7/c1-17-13-27(32)36-25-14-21(11-12-22(17)25)34-15-19-7-9-20(10-8-19)28(33)35-16-26(31)29-24-6-4-3-5-23(24)18(2)30/h3-14H,15-16H2,1-2H3,(H,29,31). The molecule has 0 aliphatic heterocycles. The number of ether oxygens (including phenoxy) is 2. The van der Waals surface area contributed by atoms with Gasteiger partial charge < -0.3 is 19.2 Å². The summed E-state index contributed by atoms with van der Waals surface area (Å²) in [5.41, 5.74) is 2.67. The zero-order chi connectivity index (χ0) is 25.7. The van der Waals surface area contributed by atoms with Gasteiger partial charge in [-0.05, 0) is 61.4 Å².